The molecule has 2 nitrogen and oxygen atoms in total. The zero-order valence-electron chi connectivity index (χ0n) is 9.88. The Labute approximate surface area is 97.2 Å². The highest BCUT2D eigenvalue weighted by Crippen LogP contribution is 2.06. The maximum Gasteiger partial charge on any atom is 0.279 e. The van der Waals surface area contributed by atoms with Crippen molar-refractivity contribution >= 4 is 17.0 Å². The number of allylic oxidation sites excluding steroid dienone is 4. The van der Waals surface area contributed by atoms with E-state index >= 15 is 0 Å². The summed E-state index contributed by atoms with van der Waals surface area (Å²) in [7, 11) is 0. The van der Waals surface area contributed by atoms with Gasteiger partial charge in [0.2, 0.25) is 0 Å². The summed E-state index contributed by atoms with van der Waals surface area (Å²) in [5, 5.41) is 2.97. The van der Waals surface area contributed by atoms with Crippen molar-refractivity contribution in [1.82, 2.24) is 5.32 Å². The molecule has 0 bridgehead atoms. The minimum Gasteiger partial charge on any atom is -0.347 e. The summed E-state index contributed by atoms with van der Waals surface area (Å²) >= 11 is 1.33. The van der Waals surface area contributed by atoms with Crippen LogP contribution in [-0.2, 0) is 0 Å². The Hall–Kier alpha value is -0.700. The van der Waals surface area contributed by atoms with Crippen molar-refractivity contribution in [2.45, 2.75) is 33.6 Å². The number of nitrogens with one attached hydrogen (secondary N) is 1. The van der Waals surface area contributed by atoms with E-state index in [9.17, 15) is 4.79 Å². The Morgan fingerprint density at radius 1 is 1.40 bits per heavy atom. The van der Waals surface area contributed by atoms with Gasteiger partial charge in [0.1, 0.15) is 0 Å². The first kappa shape index (κ1) is 14.3. The van der Waals surface area contributed by atoms with Crippen LogP contribution in [0, 0.1) is 0 Å². The maximum absolute atomic E-state index is 11.1. The van der Waals surface area contributed by atoms with Crippen LogP contribution in [0.1, 0.15) is 33.6 Å². The molecule has 0 spiro atoms. The molecule has 0 saturated heterocycles. The largest absolute Gasteiger partial charge is 0.347 e. The van der Waals surface area contributed by atoms with Gasteiger partial charge in [0.15, 0.2) is 0 Å². The van der Waals surface area contributed by atoms with Crippen LogP contribution in [0.2, 0.25) is 0 Å². The lowest BCUT2D eigenvalue weighted by Crippen LogP contribution is -2.19. The van der Waals surface area contributed by atoms with Crippen LogP contribution in [0.15, 0.2) is 23.8 Å². The average Bonchev–Trinajstić information content (AvgIpc) is 2.23. The molecule has 1 amide bonds. The third-order valence-corrected chi connectivity index (χ3v) is 2.63. The molecule has 0 heterocycles. The molecule has 1 N–H and O–H groups in total. The SMILES string of the molecule is CC=CC(=CC)CCCNC(=O)SCC. The molecular formula is C12H21NOS. The molecule has 0 aliphatic carbocycles. The lowest BCUT2D eigenvalue weighted by Gasteiger charge is -2.04. The normalized spacial score (nSPS) is 12.1. The monoisotopic (exact) mass is 227 g/mol. The third kappa shape index (κ3) is 8.30. The average molecular weight is 227 g/mol. The van der Waals surface area contributed by atoms with E-state index in [1.807, 2.05) is 26.8 Å². The predicted octanol–water partition coefficient (Wildman–Crippen LogP) is 3.75. The minimum absolute atomic E-state index is 0.0885. The van der Waals surface area contributed by atoms with E-state index in [0.717, 1.165) is 25.1 Å². The van der Waals surface area contributed by atoms with E-state index in [1.54, 1.807) is 0 Å². The van der Waals surface area contributed by atoms with Crippen molar-refractivity contribution in [2.24, 2.45) is 0 Å². The fourth-order valence-electron chi connectivity index (χ4n) is 1.20. The van der Waals surface area contributed by atoms with Crippen LogP contribution >= 0.6 is 11.8 Å². The van der Waals surface area contributed by atoms with Gasteiger partial charge in [-0.15, -0.1) is 0 Å². The fourth-order valence-corrected chi connectivity index (χ4v) is 1.67. The number of carbonyl (C=O) groups is 1. The number of thioether (sulfide) groups is 1. The molecular weight excluding hydrogens is 206 g/mol. The van der Waals surface area contributed by atoms with Crippen molar-refractivity contribution in [3.05, 3.63) is 23.8 Å². The molecule has 0 aromatic carbocycles. The number of amides is 1. The van der Waals surface area contributed by atoms with Crippen LogP contribution in [0.5, 0.6) is 0 Å². The van der Waals surface area contributed by atoms with Crippen LogP contribution in [0.25, 0.3) is 0 Å². The molecule has 0 fully saturated rings. The van der Waals surface area contributed by atoms with E-state index in [2.05, 4.69) is 17.5 Å². The lowest BCUT2D eigenvalue weighted by molar-refractivity contribution is 0.260. The highest BCUT2D eigenvalue weighted by atomic mass is 32.2. The first-order valence-electron chi connectivity index (χ1n) is 5.43. The van der Waals surface area contributed by atoms with Crippen molar-refractivity contribution in [3.8, 4) is 0 Å². The van der Waals surface area contributed by atoms with Crippen molar-refractivity contribution in [2.75, 3.05) is 12.3 Å². The number of hydrogen-bond acceptors (Lipinski definition) is 2. The maximum atomic E-state index is 11.1. The lowest BCUT2D eigenvalue weighted by atomic mass is 10.1. The molecule has 0 unspecified atom stereocenters. The summed E-state index contributed by atoms with van der Waals surface area (Å²) in [5.41, 5.74) is 1.33. The summed E-state index contributed by atoms with van der Waals surface area (Å²) in [5.74, 6) is 0.838. The quantitative estimate of drug-likeness (QED) is 0.553. The first-order chi connectivity index (χ1) is 7.24. The second-order valence-electron chi connectivity index (χ2n) is 3.11. The number of rotatable bonds is 6. The van der Waals surface area contributed by atoms with Gasteiger partial charge in [0.25, 0.3) is 5.24 Å². The molecule has 0 aromatic rings. The van der Waals surface area contributed by atoms with Gasteiger partial charge in [-0.05, 0) is 32.4 Å². The number of carbonyl (C=O) groups excluding carboxylic acids is 1. The standard InChI is InChI=1S/C12H21NOS/c1-4-8-11(5-2)9-7-10-13-12(14)15-6-3/h4-5,8H,6-7,9-10H2,1-3H3,(H,13,14). The number of hydrogen-bond donors (Lipinski definition) is 1. The van der Waals surface area contributed by atoms with Gasteiger partial charge in [0.05, 0.1) is 0 Å². The van der Waals surface area contributed by atoms with Gasteiger partial charge in [-0.1, -0.05) is 42.5 Å². The van der Waals surface area contributed by atoms with Gasteiger partial charge < -0.3 is 5.32 Å². The van der Waals surface area contributed by atoms with Gasteiger partial charge >= 0.3 is 0 Å². The van der Waals surface area contributed by atoms with Crippen molar-refractivity contribution in [3.63, 3.8) is 0 Å². The van der Waals surface area contributed by atoms with Gasteiger partial charge in [-0.2, -0.15) is 0 Å². The third-order valence-electron chi connectivity index (χ3n) is 1.94. The minimum atomic E-state index is 0.0885. The Balaban J connectivity index is 3.57. The van der Waals surface area contributed by atoms with Crippen molar-refractivity contribution in [1.29, 1.82) is 0 Å². The van der Waals surface area contributed by atoms with E-state index in [-0.39, 0.29) is 5.24 Å². The molecule has 86 valence electrons. The van der Waals surface area contributed by atoms with E-state index in [1.165, 1.54) is 17.3 Å². The first-order valence-corrected chi connectivity index (χ1v) is 6.41. The molecule has 0 aliphatic heterocycles. The van der Waals surface area contributed by atoms with Gasteiger partial charge in [-0.25, -0.2) is 0 Å². The van der Waals surface area contributed by atoms with Crippen LogP contribution in [0.3, 0.4) is 0 Å². The Morgan fingerprint density at radius 3 is 2.67 bits per heavy atom. The van der Waals surface area contributed by atoms with Crippen molar-refractivity contribution < 1.29 is 4.79 Å². The van der Waals surface area contributed by atoms with Crippen LogP contribution < -0.4 is 5.32 Å². The molecule has 0 rings (SSSR count). The Kier molecular flexibility index (Phi) is 9.38. The second kappa shape index (κ2) is 9.84. The predicted molar refractivity (Wildman–Crippen MR) is 69.3 cm³/mol. The Bertz CT molecular complexity index is 234. The smallest absolute Gasteiger partial charge is 0.279 e. The highest BCUT2D eigenvalue weighted by molar-refractivity contribution is 8.13. The zero-order chi connectivity index (χ0) is 11.5. The molecule has 0 aromatic heterocycles. The summed E-state index contributed by atoms with van der Waals surface area (Å²) < 4.78 is 0. The summed E-state index contributed by atoms with van der Waals surface area (Å²) in [6.45, 7) is 6.80. The summed E-state index contributed by atoms with van der Waals surface area (Å²) in [6, 6.07) is 0. The summed E-state index contributed by atoms with van der Waals surface area (Å²) in [6.07, 6.45) is 8.30. The van der Waals surface area contributed by atoms with E-state index in [4.69, 9.17) is 0 Å². The molecule has 0 saturated carbocycles. The van der Waals surface area contributed by atoms with Gasteiger partial charge in [-0.3, -0.25) is 4.79 Å². The molecule has 0 aliphatic rings. The van der Waals surface area contributed by atoms with Crippen LogP contribution in [-0.4, -0.2) is 17.5 Å². The second-order valence-corrected chi connectivity index (χ2v) is 4.35. The highest BCUT2D eigenvalue weighted by Gasteiger charge is 1.98. The summed E-state index contributed by atoms with van der Waals surface area (Å²) in [4.78, 5) is 11.1. The zero-order valence-corrected chi connectivity index (χ0v) is 10.7. The topological polar surface area (TPSA) is 29.1 Å². The fraction of sp³-hybridized carbons (Fsp3) is 0.583. The van der Waals surface area contributed by atoms with Gasteiger partial charge in [0, 0.05) is 6.54 Å². The molecule has 0 atom stereocenters. The van der Waals surface area contributed by atoms with Crippen LogP contribution in [0.4, 0.5) is 4.79 Å². The van der Waals surface area contributed by atoms with E-state index < -0.39 is 0 Å². The van der Waals surface area contributed by atoms with E-state index in [0.29, 0.717) is 0 Å². The molecule has 3 heteroatoms. The molecule has 15 heavy (non-hydrogen) atoms. The Morgan fingerprint density at radius 2 is 2.13 bits per heavy atom. The molecule has 0 radical (unpaired) electrons.